The summed E-state index contributed by atoms with van der Waals surface area (Å²) >= 11 is 1.24. The van der Waals surface area contributed by atoms with E-state index in [0.717, 1.165) is 5.56 Å². The van der Waals surface area contributed by atoms with Crippen LogP contribution >= 0.6 is 11.3 Å². The van der Waals surface area contributed by atoms with Gasteiger partial charge in [0.15, 0.2) is 4.80 Å². The fraction of sp³-hybridized carbons (Fsp3) is 0.208. The van der Waals surface area contributed by atoms with Crippen molar-refractivity contribution in [3.63, 3.8) is 0 Å². The van der Waals surface area contributed by atoms with Gasteiger partial charge in [0.05, 0.1) is 27.9 Å². The monoisotopic (exact) mass is 436 g/mol. The van der Waals surface area contributed by atoms with Gasteiger partial charge in [-0.15, -0.1) is 0 Å². The number of ether oxygens (including phenoxy) is 1. The molecule has 1 aliphatic rings. The maximum Gasteiger partial charge on any atom is 0.338 e. The third kappa shape index (κ3) is 4.14. The van der Waals surface area contributed by atoms with Crippen molar-refractivity contribution in [2.45, 2.75) is 32.9 Å². The summed E-state index contributed by atoms with van der Waals surface area (Å²) in [5, 5.41) is 0. The van der Waals surface area contributed by atoms with Crippen LogP contribution in [0.2, 0.25) is 0 Å². The van der Waals surface area contributed by atoms with Crippen LogP contribution in [0.25, 0.3) is 6.08 Å². The molecule has 0 N–H and O–H groups in total. The molecule has 5 nitrogen and oxygen atoms in total. The molecular weight excluding hydrogens is 415 g/mol. The Hall–Kier alpha value is -3.32. The fourth-order valence-electron chi connectivity index (χ4n) is 3.52. The average Bonchev–Trinajstić information content (AvgIpc) is 3.03. The minimum atomic E-state index is -0.640. The maximum absolute atomic E-state index is 13.4. The maximum atomic E-state index is 13.4. The SMILES string of the molecule is CC1=C(C(=O)OC(C)C)C(c2ccccc2)n2c(sc(=Cc3ccc(F)cc3)c2=O)=N1. The van der Waals surface area contributed by atoms with Crippen molar-refractivity contribution in [1.29, 1.82) is 0 Å². The Morgan fingerprint density at radius 2 is 1.84 bits per heavy atom. The Kier molecular flexibility index (Phi) is 5.69. The first kappa shape index (κ1) is 20.9. The number of esters is 1. The van der Waals surface area contributed by atoms with Gasteiger partial charge in [-0.2, -0.15) is 0 Å². The smallest absolute Gasteiger partial charge is 0.338 e. The zero-order chi connectivity index (χ0) is 22.1. The van der Waals surface area contributed by atoms with Crippen molar-refractivity contribution < 1.29 is 13.9 Å². The first-order chi connectivity index (χ1) is 14.8. The van der Waals surface area contributed by atoms with E-state index in [0.29, 0.717) is 26.2 Å². The molecule has 0 aliphatic carbocycles. The highest BCUT2D eigenvalue weighted by molar-refractivity contribution is 7.07. The lowest BCUT2D eigenvalue weighted by atomic mass is 9.96. The predicted molar refractivity (Wildman–Crippen MR) is 118 cm³/mol. The summed E-state index contributed by atoms with van der Waals surface area (Å²) in [6.45, 7) is 5.32. The number of hydrogen-bond acceptors (Lipinski definition) is 5. The number of allylic oxidation sites excluding steroid dienone is 1. The van der Waals surface area contributed by atoms with Crippen LogP contribution in [-0.4, -0.2) is 16.6 Å². The second-order valence-corrected chi connectivity index (χ2v) is 8.51. The van der Waals surface area contributed by atoms with Crippen LogP contribution in [0.4, 0.5) is 4.39 Å². The molecule has 2 heterocycles. The van der Waals surface area contributed by atoms with Gasteiger partial charge < -0.3 is 4.74 Å². The molecule has 1 unspecified atom stereocenters. The standard InChI is InChI=1S/C24H21FN2O3S/c1-14(2)30-23(29)20-15(3)26-24-27(21(20)17-7-5-4-6-8-17)22(28)19(31-24)13-16-9-11-18(25)12-10-16/h4-14,21H,1-3H3. The summed E-state index contributed by atoms with van der Waals surface area (Å²) in [4.78, 5) is 31.4. The number of thiazole rings is 1. The third-order valence-electron chi connectivity index (χ3n) is 4.87. The summed E-state index contributed by atoms with van der Waals surface area (Å²) in [6.07, 6.45) is 1.41. The minimum absolute atomic E-state index is 0.260. The second-order valence-electron chi connectivity index (χ2n) is 7.50. The van der Waals surface area contributed by atoms with Crippen LogP contribution in [0.1, 0.15) is 37.9 Å². The predicted octanol–water partition coefficient (Wildman–Crippen LogP) is 3.33. The molecule has 0 saturated heterocycles. The van der Waals surface area contributed by atoms with Gasteiger partial charge in [-0.05, 0) is 50.1 Å². The summed E-state index contributed by atoms with van der Waals surface area (Å²) < 4.78 is 20.7. The zero-order valence-corrected chi connectivity index (χ0v) is 18.2. The lowest BCUT2D eigenvalue weighted by Gasteiger charge is -2.25. The lowest BCUT2D eigenvalue weighted by molar-refractivity contribution is -0.143. The molecule has 0 radical (unpaired) electrons. The Labute approximate surface area is 182 Å². The topological polar surface area (TPSA) is 60.7 Å². The number of carbonyl (C=O) groups excluding carboxylic acids is 1. The van der Waals surface area contributed by atoms with Crippen LogP contribution < -0.4 is 14.9 Å². The summed E-state index contributed by atoms with van der Waals surface area (Å²) in [6, 6.07) is 14.6. The van der Waals surface area contributed by atoms with Crippen LogP contribution in [0.3, 0.4) is 0 Å². The average molecular weight is 437 g/mol. The van der Waals surface area contributed by atoms with Gasteiger partial charge in [-0.1, -0.05) is 53.8 Å². The van der Waals surface area contributed by atoms with Crippen LogP contribution in [-0.2, 0) is 9.53 Å². The van der Waals surface area contributed by atoms with E-state index in [1.54, 1.807) is 43.5 Å². The number of fused-ring (bicyclic) bond motifs is 1. The number of aromatic nitrogens is 1. The molecule has 1 aliphatic heterocycles. The Morgan fingerprint density at radius 1 is 1.16 bits per heavy atom. The van der Waals surface area contributed by atoms with E-state index >= 15 is 0 Å². The number of benzene rings is 2. The Balaban J connectivity index is 1.93. The van der Waals surface area contributed by atoms with Crippen molar-refractivity contribution in [1.82, 2.24) is 4.57 Å². The summed E-state index contributed by atoms with van der Waals surface area (Å²) in [5.41, 5.74) is 2.11. The molecule has 7 heteroatoms. The molecule has 2 aromatic carbocycles. The fourth-order valence-corrected chi connectivity index (χ4v) is 4.57. The van der Waals surface area contributed by atoms with Gasteiger partial charge in [0.1, 0.15) is 5.82 Å². The summed E-state index contributed by atoms with van der Waals surface area (Å²) in [5.74, 6) is -0.829. The van der Waals surface area contributed by atoms with Crippen molar-refractivity contribution in [2.75, 3.05) is 0 Å². The molecule has 158 valence electrons. The van der Waals surface area contributed by atoms with Gasteiger partial charge in [0.2, 0.25) is 0 Å². The molecule has 0 fully saturated rings. The molecular formula is C24H21FN2O3S. The molecule has 0 saturated carbocycles. The van der Waals surface area contributed by atoms with E-state index in [1.807, 2.05) is 30.3 Å². The summed E-state index contributed by atoms with van der Waals surface area (Å²) in [7, 11) is 0. The molecule has 3 aromatic rings. The van der Waals surface area contributed by atoms with E-state index in [9.17, 15) is 14.0 Å². The molecule has 1 atom stereocenters. The van der Waals surface area contributed by atoms with Gasteiger partial charge in [0, 0.05) is 0 Å². The van der Waals surface area contributed by atoms with E-state index in [4.69, 9.17) is 4.74 Å². The Bertz CT molecular complexity index is 1340. The van der Waals surface area contributed by atoms with Crippen LogP contribution in [0, 0.1) is 5.82 Å². The van der Waals surface area contributed by atoms with E-state index in [2.05, 4.69) is 4.99 Å². The van der Waals surface area contributed by atoms with Crippen molar-refractivity contribution in [2.24, 2.45) is 4.99 Å². The molecule has 1 aromatic heterocycles. The first-order valence-electron chi connectivity index (χ1n) is 9.89. The van der Waals surface area contributed by atoms with Gasteiger partial charge in [0.25, 0.3) is 5.56 Å². The van der Waals surface area contributed by atoms with Gasteiger partial charge >= 0.3 is 5.97 Å². The molecule has 0 amide bonds. The van der Waals surface area contributed by atoms with Gasteiger partial charge in [-0.3, -0.25) is 9.36 Å². The van der Waals surface area contributed by atoms with Crippen LogP contribution in [0.15, 0.2) is 75.7 Å². The number of hydrogen-bond donors (Lipinski definition) is 0. The van der Waals surface area contributed by atoms with Crippen molar-refractivity contribution in [3.8, 4) is 0 Å². The van der Waals surface area contributed by atoms with Gasteiger partial charge in [-0.25, -0.2) is 14.2 Å². The Morgan fingerprint density at radius 3 is 2.48 bits per heavy atom. The molecule has 0 spiro atoms. The highest BCUT2D eigenvalue weighted by Crippen LogP contribution is 2.30. The zero-order valence-electron chi connectivity index (χ0n) is 17.3. The number of nitrogens with zero attached hydrogens (tertiary/aromatic N) is 2. The number of rotatable bonds is 4. The second kappa shape index (κ2) is 8.43. The van der Waals surface area contributed by atoms with E-state index in [-0.39, 0.29) is 17.5 Å². The highest BCUT2D eigenvalue weighted by Gasteiger charge is 2.33. The molecule has 4 rings (SSSR count). The van der Waals surface area contributed by atoms with Crippen LogP contribution in [0.5, 0.6) is 0 Å². The van der Waals surface area contributed by atoms with E-state index in [1.165, 1.54) is 23.5 Å². The van der Waals surface area contributed by atoms with E-state index < -0.39 is 12.0 Å². The van der Waals surface area contributed by atoms with Crippen molar-refractivity contribution in [3.05, 3.63) is 102 Å². The molecule has 0 bridgehead atoms. The quantitative estimate of drug-likeness (QED) is 0.590. The number of halogens is 1. The number of carbonyl (C=O) groups is 1. The normalized spacial score (nSPS) is 16.3. The minimum Gasteiger partial charge on any atom is -0.459 e. The first-order valence-corrected chi connectivity index (χ1v) is 10.7. The lowest BCUT2D eigenvalue weighted by Crippen LogP contribution is -2.40. The van der Waals surface area contributed by atoms with Crippen molar-refractivity contribution >= 4 is 23.4 Å². The largest absolute Gasteiger partial charge is 0.459 e. The molecule has 31 heavy (non-hydrogen) atoms. The highest BCUT2D eigenvalue weighted by atomic mass is 32.1. The third-order valence-corrected chi connectivity index (χ3v) is 5.85.